The van der Waals surface area contributed by atoms with Crippen LogP contribution in [0.15, 0.2) is 77.3 Å². The molecule has 2 heterocycles. The van der Waals surface area contributed by atoms with Crippen LogP contribution in [0.2, 0.25) is 15.1 Å². The molecule has 10 heteroatoms. The third-order valence-electron chi connectivity index (χ3n) is 6.64. The lowest BCUT2D eigenvalue weighted by Crippen LogP contribution is -2.46. The summed E-state index contributed by atoms with van der Waals surface area (Å²) < 4.78 is 5.62. The van der Waals surface area contributed by atoms with Crippen molar-refractivity contribution < 1.29 is 14.1 Å². The molecule has 0 radical (unpaired) electrons. The molecule has 3 aromatic carbocycles. The number of rotatable bonds is 7. The molecule has 0 bridgehead atoms. The second-order valence-electron chi connectivity index (χ2n) is 9.33. The Bertz CT molecular complexity index is 1460. The van der Waals surface area contributed by atoms with E-state index >= 15 is 0 Å². The van der Waals surface area contributed by atoms with Gasteiger partial charge in [0.15, 0.2) is 0 Å². The molecule has 4 aromatic rings. The summed E-state index contributed by atoms with van der Waals surface area (Å²) in [6.45, 7) is 0.628. The van der Waals surface area contributed by atoms with Crippen LogP contribution < -0.4 is 0 Å². The molecule has 7 nitrogen and oxygen atoms in total. The molecule has 1 aliphatic heterocycles. The number of aromatic nitrogens is 2. The SMILES string of the molecule is O=C(c1ccc(Cl)cc1Cl)N(CC(=O)N1CCCC[C@@H]1c1nc(-c2ccc(Cl)cc2)no1)Cc1ccccc1. The molecule has 1 fully saturated rings. The van der Waals surface area contributed by atoms with Crippen LogP contribution in [0.3, 0.4) is 0 Å². The Labute approximate surface area is 241 Å². The summed E-state index contributed by atoms with van der Waals surface area (Å²) >= 11 is 18.4. The number of nitrogens with zero attached hydrogens (tertiary/aromatic N) is 4. The quantitative estimate of drug-likeness (QED) is 0.232. The van der Waals surface area contributed by atoms with Crippen molar-refractivity contribution in [3.8, 4) is 11.4 Å². The van der Waals surface area contributed by atoms with Crippen LogP contribution in [0, 0.1) is 0 Å². The van der Waals surface area contributed by atoms with E-state index in [0.29, 0.717) is 34.7 Å². The number of halogens is 3. The zero-order valence-electron chi connectivity index (χ0n) is 20.9. The fourth-order valence-corrected chi connectivity index (χ4v) is 5.28. The number of likely N-dealkylation sites (tertiary alicyclic amines) is 1. The maximum Gasteiger partial charge on any atom is 0.256 e. The number of hydrogen-bond donors (Lipinski definition) is 0. The molecule has 0 unspecified atom stereocenters. The molecule has 0 spiro atoms. The van der Waals surface area contributed by atoms with Gasteiger partial charge in [-0.1, -0.05) is 70.3 Å². The number of carbonyl (C=O) groups excluding carboxylic acids is 2. The standard InChI is InChI=1S/C29H25Cl3N4O3/c30-21-11-9-20(10-12-21)27-33-28(39-34-27)25-8-4-5-15-36(25)26(37)18-35(17-19-6-2-1-3-7-19)29(38)23-14-13-22(31)16-24(23)32/h1-3,6-7,9-14,16,25H,4-5,8,15,17-18H2/t25-/m1/s1. The molecule has 0 N–H and O–H groups in total. The summed E-state index contributed by atoms with van der Waals surface area (Å²) in [5, 5.41) is 5.40. The van der Waals surface area contributed by atoms with Gasteiger partial charge in [0.2, 0.25) is 17.6 Å². The molecule has 1 aliphatic rings. The van der Waals surface area contributed by atoms with E-state index in [4.69, 9.17) is 39.3 Å². The van der Waals surface area contributed by atoms with Crippen molar-refractivity contribution in [3.05, 3.63) is 105 Å². The molecular weight excluding hydrogens is 559 g/mol. The summed E-state index contributed by atoms with van der Waals surface area (Å²) in [7, 11) is 0. The zero-order chi connectivity index (χ0) is 27.4. The fourth-order valence-electron chi connectivity index (χ4n) is 4.66. The highest BCUT2D eigenvalue weighted by atomic mass is 35.5. The van der Waals surface area contributed by atoms with E-state index in [1.165, 1.54) is 11.0 Å². The number of amides is 2. The minimum absolute atomic E-state index is 0.138. The van der Waals surface area contributed by atoms with E-state index in [-0.39, 0.29) is 41.5 Å². The van der Waals surface area contributed by atoms with Crippen LogP contribution in [0.1, 0.15) is 47.1 Å². The lowest BCUT2D eigenvalue weighted by atomic mass is 10.0. The fraction of sp³-hybridized carbons (Fsp3) is 0.241. The summed E-state index contributed by atoms with van der Waals surface area (Å²) in [6, 6.07) is 21.0. The first-order valence-corrected chi connectivity index (χ1v) is 13.7. The molecule has 200 valence electrons. The van der Waals surface area contributed by atoms with Crippen molar-refractivity contribution in [1.82, 2.24) is 19.9 Å². The highest BCUT2D eigenvalue weighted by molar-refractivity contribution is 6.36. The van der Waals surface area contributed by atoms with Gasteiger partial charge in [-0.15, -0.1) is 0 Å². The Morgan fingerprint density at radius 3 is 2.44 bits per heavy atom. The Morgan fingerprint density at radius 1 is 0.949 bits per heavy atom. The monoisotopic (exact) mass is 582 g/mol. The van der Waals surface area contributed by atoms with Gasteiger partial charge in [-0.05, 0) is 67.3 Å². The molecule has 0 aliphatic carbocycles. The normalized spacial score (nSPS) is 15.3. The van der Waals surface area contributed by atoms with E-state index in [2.05, 4.69) is 10.1 Å². The van der Waals surface area contributed by atoms with Gasteiger partial charge in [-0.25, -0.2) is 0 Å². The van der Waals surface area contributed by atoms with E-state index < -0.39 is 0 Å². The second-order valence-corrected chi connectivity index (χ2v) is 10.6. The van der Waals surface area contributed by atoms with Gasteiger partial charge in [0.1, 0.15) is 12.6 Å². The van der Waals surface area contributed by atoms with E-state index in [9.17, 15) is 9.59 Å². The van der Waals surface area contributed by atoms with Crippen LogP contribution >= 0.6 is 34.8 Å². The molecule has 0 saturated carbocycles. The lowest BCUT2D eigenvalue weighted by molar-refractivity contribution is -0.136. The summed E-state index contributed by atoms with van der Waals surface area (Å²) in [5.41, 5.74) is 1.94. The van der Waals surface area contributed by atoms with E-state index in [1.54, 1.807) is 29.2 Å². The zero-order valence-corrected chi connectivity index (χ0v) is 23.2. The number of hydrogen-bond acceptors (Lipinski definition) is 5. The summed E-state index contributed by atoms with van der Waals surface area (Å²) in [6.07, 6.45) is 2.44. The Hall–Kier alpha value is -3.39. The summed E-state index contributed by atoms with van der Waals surface area (Å²) in [4.78, 5) is 35.2. The van der Waals surface area contributed by atoms with Gasteiger partial charge in [-0.2, -0.15) is 4.98 Å². The molecule has 39 heavy (non-hydrogen) atoms. The highest BCUT2D eigenvalue weighted by Crippen LogP contribution is 2.32. The Morgan fingerprint density at radius 2 is 1.69 bits per heavy atom. The first kappa shape index (κ1) is 27.2. The topological polar surface area (TPSA) is 79.5 Å². The Kier molecular flexibility index (Phi) is 8.50. The number of carbonyl (C=O) groups is 2. The van der Waals surface area contributed by atoms with Crippen LogP contribution in [-0.4, -0.2) is 44.8 Å². The smallest absolute Gasteiger partial charge is 0.256 e. The first-order chi connectivity index (χ1) is 18.9. The molecule has 2 amide bonds. The van der Waals surface area contributed by atoms with Gasteiger partial charge < -0.3 is 14.3 Å². The molecular formula is C29H25Cl3N4O3. The van der Waals surface area contributed by atoms with Crippen LogP contribution in [-0.2, 0) is 11.3 Å². The van der Waals surface area contributed by atoms with Crippen LogP contribution in [0.25, 0.3) is 11.4 Å². The van der Waals surface area contributed by atoms with Crippen molar-refractivity contribution in [1.29, 1.82) is 0 Å². The summed E-state index contributed by atoms with van der Waals surface area (Å²) in [5.74, 6) is 0.234. The van der Waals surface area contributed by atoms with Crippen molar-refractivity contribution in [3.63, 3.8) is 0 Å². The van der Waals surface area contributed by atoms with Crippen molar-refractivity contribution in [2.45, 2.75) is 31.8 Å². The molecule has 1 saturated heterocycles. The highest BCUT2D eigenvalue weighted by Gasteiger charge is 2.34. The minimum atomic E-state index is -0.382. The van der Waals surface area contributed by atoms with Crippen molar-refractivity contribution >= 4 is 46.6 Å². The predicted octanol–water partition coefficient (Wildman–Crippen LogP) is 7.09. The Balaban J connectivity index is 1.39. The largest absolute Gasteiger partial charge is 0.337 e. The van der Waals surface area contributed by atoms with Crippen LogP contribution in [0.5, 0.6) is 0 Å². The third-order valence-corrected chi connectivity index (χ3v) is 7.44. The first-order valence-electron chi connectivity index (χ1n) is 12.6. The second kappa shape index (κ2) is 12.2. The maximum absolute atomic E-state index is 13.7. The average Bonchev–Trinajstić information content (AvgIpc) is 3.43. The van der Waals surface area contributed by atoms with Gasteiger partial charge in [0.25, 0.3) is 5.91 Å². The third kappa shape index (κ3) is 6.44. The van der Waals surface area contributed by atoms with E-state index in [0.717, 1.165) is 24.0 Å². The molecule has 5 rings (SSSR count). The predicted molar refractivity (Wildman–Crippen MR) is 151 cm³/mol. The van der Waals surface area contributed by atoms with Gasteiger partial charge in [0, 0.05) is 28.7 Å². The average molecular weight is 584 g/mol. The number of benzene rings is 3. The lowest BCUT2D eigenvalue weighted by Gasteiger charge is -2.35. The molecule has 1 atom stereocenters. The van der Waals surface area contributed by atoms with Gasteiger partial charge >= 0.3 is 0 Å². The van der Waals surface area contributed by atoms with Crippen LogP contribution in [0.4, 0.5) is 0 Å². The molecule has 1 aromatic heterocycles. The van der Waals surface area contributed by atoms with Gasteiger partial charge in [-0.3, -0.25) is 9.59 Å². The number of piperidine rings is 1. The maximum atomic E-state index is 13.7. The van der Waals surface area contributed by atoms with Crippen molar-refractivity contribution in [2.24, 2.45) is 0 Å². The van der Waals surface area contributed by atoms with Crippen molar-refractivity contribution in [2.75, 3.05) is 13.1 Å². The minimum Gasteiger partial charge on any atom is -0.337 e. The van der Waals surface area contributed by atoms with Gasteiger partial charge in [0.05, 0.1) is 10.6 Å². The van der Waals surface area contributed by atoms with E-state index in [1.807, 2.05) is 42.5 Å².